The van der Waals surface area contributed by atoms with Gasteiger partial charge < -0.3 is 0 Å². The van der Waals surface area contributed by atoms with Gasteiger partial charge in [0.1, 0.15) is 0 Å². The van der Waals surface area contributed by atoms with Crippen LogP contribution in [0.2, 0.25) is 3.93 Å². The van der Waals surface area contributed by atoms with E-state index in [2.05, 4.69) is 86.2 Å². The van der Waals surface area contributed by atoms with Gasteiger partial charge >= 0.3 is 160 Å². The molecule has 2 bridgehead atoms. The normalized spacial score (nSPS) is 32.2. The molecule has 2 aliphatic carbocycles. The van der Waals surface area contributed by atoms with Gasteiger partial charge in [-0.05, 0) is 0 Å². The molecule has 24 heavy (non-hydrogen) atoms. The van der Waals surface area contributed by atoms with Gasteiger partial charge in [0.2, 0.25) is 0 Å². The minimum atomic E-state index is -2.93. The Balaban J connectivity index is 1.91. The zero-order valence-electron chi connectivity index (χ0n) is 14.2. The summed E-state index contributed by atoms with van der Waals surface area (Å²) in [6.45, 7) is 2.73. The molecular formula is C21H25IOSn. The molecule has 1 N–H and O–H groups in total. The van der Waals surface area contributed by atoms with Gasteiger partial charge in [0.15, 0.2) is 0 Å². The van der Waals surface area contributed by atoms with Crippen molar-refractivity contribution in [3.63, 3.8) is 0 Å². The predicted octanol–water partition coefficient (Wildman–Crippen LogP) is 3.98. The summed E-state index contributed by atoms with van der Waals surface area (Å²) in [5, 5.41) is 10.4. The molecule has 0 saturated heterocycles. The minimum absolute atomic E-state index is 0.103. The summed E-state index contributed by atoms with van der Waals surface area (Å²) >= 11 is -0.0175. The molecule has 0 spiro atoms. The van der Waals surface area contributed by atoms with Crippen LogP contribution in [-0.4, -0.2) is 26.1 Å². The maximum absolute atomic E-state index is 10.4. The fourth-order valence-electron chi connectivity index (χ4n) is 5.60. The van der Waals surface area contributed by atoms with E-state index in [0.717, 1.165) is 11.8 Å². The van der Waals surface area contributed by atoms with Gasteiger partial charge in [-0.1, -0.05) is 0 Å². The second kappa shape index (κ2) is 6.58. The van der Waals surface area contributed by atoms with Gasteiger partial charge in [0.05, 0.1) is 0 Å². The molecule has 0 unspecified atom stereocenters. The summed E-state index contributed by atoms with van der Waals surface area (Å²) < 4.78 is 3.84. The Bertz CT molecular complexity index is 665. The summed E-state index contributed by atoms with van der Waals surface area (Å²) in [6, 6.07) is 22.5. The zero-order chi connectivity index (χ0) is 16.8. The average molecular weight is 539 g/mol. The van der Waals surface area contributed by atoms with E-state index in [1.807, 2.05) is 0 Å². The first kappa shape index (κ1) is 17.3. The number of aliphatic hydroxyl groups is 1. The van der Waals surface area contributed by atoms with Crippen molar-refractivity contribution in [2.24, 2.45) is 17.3 Å². The van der Waals surface area contributed by atoms with Crippen LogP contribution in [0.4, 0.5) is 0 Å². The summed E-state index contributed by atoms with van der Waals surface area (Å²) in [6.07, 6.45) is 4.02. The summed E-state index contributed by atoms with van der Waals surface area (Å²) in [4.78, 5) is 0. The van der Waals surface area contributed by atoms with Crippen LogP contribution >= 0.6 is 18.6 Å². The number of benzene rings is 2. The molecule has 0 amide bonds. The molecule has 2 aromatic carbocycles. The molecular weight excluding hydrogens is 514 g/mol. The van der Waals surface area contributed by atoms with Crippen molar-refractivity contribution in [2.45, 2.75) is 30.1 Å². The van der Waals surface area contributed by atoms with Crippen molar-refractivity contribution in [3.05, 3.63) is 60.7 Å². The first-order valence-electron chi connectivity index (χ1n) is 9.01. The topological polar surface area (TPSA) is 20.2 Å². The summed E-state index contributed by atoms with van der Waals surface area (Å²) in [5.41, 5.74) is 0.103. The first-order valence-corrected chi connectivity index (χ1v) is 21.8. The molecule has 4 rings (SSSR count). The monoisotopic (exact) mass is 540 g/mol. The van der Waals surface area contributed by atoms with Crippen molar-refractivity contribution in [1.29, 1.82) is 0 Å². The SMILES string of the molecule is C[C@]1(CO)[C@@H]2CC[C@@H](C2)[C@H]1[Sn]([I])([c]1ccccc1)[c]1ccccc1. The van der Waals surface area contributed by atoms with E-state index in [1.165, 1.54) is 19.3 Å². The van der Waals surface area contributed by atoms with E-state index in [-0.39, 0.29) is 5.41 Å². The number of halogens is 1. The second-order valence-electron chi connectivity index (χ2n) is 7.86. The van der Waals surface area contributed by atoms with Crippen LogP contribution in [0.1, 0.15) is 26.2 Å². The molecule has 0 heterocycles. The molecule has 2 saturated carbocycles. The Morgan fingerprint density at radius 3 is 2.04 bits per heavy atom. The van der Waals surface area contributed by atoms with E-state index in [1.54, 1.807) is 7.16 Å². The van der Waals surface area contributed by atoms with Crippen molar-refractivity contribution < 1.29 is 5.11 Å². The van der Waals surface area contributed by atoms with E-state index in [0.29, 0.717) is 10.5 Å². The number of aliphatic hydroxyl groups excluding tert-OH is 1. The standard InChI is InChI=1S/C9H15O.2C6H5.HI.Sn/c1-9(6-10)5-7-2-3-8(9)4-7;2*1-2-4-6-5-3-1;;/h5,7-8,10H,2-4,6H2,1H3;2*1-5H;1H;/q;;;;+1/p-1/t7-,8+,9-;;;;/m0..../s1. The third-order valence-corrected chi connectivity index (χ3v) is 32.0. The van der Waals surface area contributed by atoms with Gasteiger partial charge in [-0.2, -0.15) is 0 Å². The van der Waals surface area contributed by atoms with Crippen molar-refractivity contribution in [2.75, 3.05) is 6.61 Å². The number of rotatable bonds is 4. The van der Waals surface area contributed by atoms with E-state index >= 15 is 0 Å². The predicted molar refractivity (Wildman–Crippen MR) is 112 cm³/mol. The molecule has 2 aromatic rings. The number of hydrogen-bond acceptors (Lipinski definition) is 1. The molecule has 0 aliphatic heterocycles. The second-order valence-corrected chi connectivity index (χ2v) is 28.4. The van der Waals surface area contributed by atoms with Gasteiger partial charge in [-0.15, -0.1) is 0 Å². The van der Waals surface area contributed by atoms with Crippen LogP contribution in [0.25, 0.3) is 0 Å². The van der Waals surface area contributed by atoms with E-state index in [9.17, 15) is 5.11 Å². The van der Waals surface area contributed by atoms with E-state index < -0.39 is 14.4 Å². The summed E-state index contributed by atoms with van der Waals surface area (Å²) in [7, 11) is 0. The van der Waals surface area contributed by atoms with Crippen LogP contribution < -0.4 is 7.16 Å². The Morgan fingerprint density at radius 2 is 1.54 bits per heavy atom. The van der Waals surface area contributed by atoms with Crippen LogP contribution in [0.15, 0.2) is 60.7 Å². The van der Waals surface area contributed by atoms with Crippen LogP contribution in [0, 0.1) is 17.3 Å². The quantitative estimate of drug-likeness (QED) is 0.461. The van der Waals surface area contributed by atoms with Crippen LogP contribution in [0.3, 0.4) is 0 Å². The average Bonchev–Trinajstić information content (AvgIpc) is 3.23. The van der Waals surface area contributed by atoms with Crippen molar-refractivity contribution in [3.8, 4) is 0 Å². The van der Waals surface area contributed by atoms with E-state index in [4.69, 9.17) is 0 Å². The Labute approximate surface area is 158 Å². The maximum atomic E-state index is 10.4. The molecule has 126 valence electrons. The molecule has 2 aliphatic rings. The molecule has 1 nitrogen and oxygen atoms in total. The number of hydrogen-bond donors (Lipinski definition) is 1. The van der Waals surface area contributed by atoms with Gasteiger partial charge in [0.25, 0.3) is 0 Å². The van der Waals surface area contributed by atoms with Gasteiger partial charge in [-0.25, -0.2) is 0 Å². The molecule has 2 fully saturated rings. The summed E-state index contributed by atoms with van der Waals surface area (Å²) in [5.74, 6) is 1.52. The van der Waals surface area contributed by atoms with Gasteiger partial charge in [0, 0.05) is 0 Å². The Morgan fingerprint density at radius 1 is 1.00 bits per heavy atom. The fourth-order valence-corrected chi connectivity index (χ4v) is 31.7. The fraction of sp³-hybridized carbons (Fsp3) is 0.429. The zero-order valence-corrected chi connectivity index (χ0v) is 19.2. The molecule has 0 aromatic heterocycles. The van der Waals surface area contributed by atoms with Crippen molar-refractivity contribution in [1.82, 2.24) is 0 Å². The van der Waals surface area contributed by atoms with Crippen molar-refractivity contribution >= 4 is 40.2 Å². The number of fused-ring (bicyclic) bond motifs is 2. The van der Waals surface area contributed by atoms with Crippen LogP contribution in [-0.2, 0) is 0 Å². The first-order chi connectivity index (χ1) is 11.6. The third kappa shape index (κ3) is 2.50. The van der Waals surface area contributed by atoms with Gasteiger partial charge in [-0.3, -0.25) is 0 Å². The third-order valence-electron chi connectivity index (χ3n) is 6.74. The van der Waals surface area contributed by atoms with Crippen LogP contribution in [0.5, 0.6) is 0 Å². The molecule has 0 radical (unpaired) electrons. The Kier molecular flexibility index (Phi) is 4.76. The molecule has 4 atom stereocenters. The Hall–Kier alpha value is -0.0713. The molecule has 3 heteroatoms.